The van der Waals surface area contributed by atoms with Gasteiger partial charge in [0.15, 0.2) is 5.13 Å². The summed E-state index contributed by atoms with van der Waals surface area (Å²) in [5.74, 6) is 0.990. The third kappa shape index (κ3) is 2.75. The van der Waals surface area contributed by atoms with Crippen molar-refractivity contribution in [1.29, 1.82) is 0 Å². The third-order valence-corrected chi connectivity index (χ3v) is 4.30. The van der Waals surface area contributed by atoms with Gasteiger partial charge in [0, 0.05) is 20.1 Å². The normalized spacial score (nSPS) is 15.2. The van der Waals surface area contributed by atoms with Crippen molar-refractivity contribution in [3.8, 4) is 0 Å². The van der Waals surface area contributed by atoms with Gasteiger partial charge in [0.25, 0.3) is 5.91 Å². The molecular formula is C12H20N4OS. The Morgan fingerprint density at radius 1 is 1.61 bits per heavy atom. The molecule has 0 aromatic carbocycles. The molecule has 100 valence electrons. The number of nitrogens with zero attached hydrogens (tertiary/aromatic N) is 2. The molecule has 0 radical (unpaired) electrons. The van der Waals surface area contributed by atoms with E-state index in [0.29, 0.717) is 16.6 Å². The van der Waals surface area contributed by atoms with E-state index in [1.807, 2.05) is 14.0 Å². The smallest absolute Gasteiger partial charge is 0.267 e. The van der Waals surface area contributed by atoms with Crippen molar-refractivity contribution in [2.24, 2.45) is 5.92 Å². The molecule has 2 rings (SSSR count). The number of carbonyl (C=O) groups excluding carboxylic acids is 1. The quantitative estimate of drug-likeness (QED) is 0.857. The van der Waals surface area contributed by atoms with Crippen molar-refractivity contribution in [3.05, 3.63) is 4.88 Å². The fourth-order valence-electron chi connectivity index (χ4n) is 2.03. The molecule has 0 aliphatic heterocycles. The molecule has 1 heterocycles. The summed E-state index contributed by atoms with van der Waals surface area (Å²) in [6.45, 7) is 3.59. The largest absolute Gasteiger partial charge is 0.382 e. The highest BCUT2D eigenvalue weighted by molar-refractivity contribution is 7.18. The zero-order valence-corrected chi connectivity index (χ0v) is 11.7. The molecule has 1 amide bonds. The summed E-state index contributed by atoms with van der Waals surface area (Å²) >= 11 is 1.33. The number of rotatable bonds is 5. The van der Waals surface area contributed by atoms with Crippen LogP contribution in [0.1, 0.15) is 35.9 Å². The summed E-state index contributed by atoms with van der Waals surface area (Å²) in [5.41, 5.74) is 5.80. The zero-order chi connectivity index (χ0) is 13.1. The molecule has 1 aliphatic rings. The average Bonchev–Trinajstić information content (AvgIpc) is 2.64. The lowest BCUT2D eigenvalue weighted by Gasteiger charge is -2.29. The maximum atomic E-state index is 12.2. The van der Waals surface area contributed by atoms with Gasteiger partial charge in [-0.2, -0.15) is 0 Å². The first-order valence-corrected chi connectivity index (χ1v) is 7.19. The van der Waals surface area contributed by atoms with Crippen LogP contribution in [0.4, 0.5) is 10.9 Å². The minimum atomic E-state index is -0.0129. The number of nitrogens with two attached hydrogens (primary N) is 1. The first kappa shape index (κ1) is 13.1. The minimum Gasteiger partial charge on any atom is -0.382 e. The lowest BCUT2D eigenvalue weighted by atomic mass is 9.85. The summed E-state index contributed by atoms with van der Waals surface area (Å²) in [4.78, 5) is 18.7. The molecule has 5 nitrogen and oxygen atoms in total. The molecule has 1 aromatic heterocycles. The van der Waals surface area contributed by atoms with Crippen LogP contribution in [0.5, 0.6) is 0 Å². The van der Waals surface area contributed by atoms with E-state index >= 15 is 0 Å². The topological polar surface area (TPSA) is 71.2 Å². The molecule has 1 saturated carbocycles. The maximum Gasteiger partial charge on any atom is 0.267 e. The molecule has 0 spiro atoms. The molecule has 0 unspecified atom stereocenters. The van der Waals surface area contributed by atoms with Gasteiger partial charge in [-0.15, -0.1) is 0 Å². The zero-order valence-electron chi connectivity index (χ0n) is 10.9. The molecule has 0 atom stereocenters. The van der Waals surface area contributed by atoms with Crippen molar-refractivity contribution < 1.29 is 4.79 Å². The number of hydrogen-bond acceptors (Lipinski definition) is 5. The second-order valence-corrected chi connectivity index (χ2v) is 5.75. The molecule has 3 N–H and O–H groups in total. The molecule has 6 heteroatoms. The van der Waals surface area contributed by atoms with Crippen molar-refractivity contribution in [3.63, 3.8) is 0 Å². The summed E-state index contributed by atoms with van der Waals surface area (Å²) in [7, 11) is 1.84. The number of anilines is 2. The van der Waals surface area contributed by atoms with Crippen LogP contribution in [0.15, 0.2) is 0 Å². The van der Waals surface area contributed by atoms with Crippen molar-refractivity contribution in [2.75, 3.05) is 31.2 Å². The fourth-order valence-corrected chi connectivity index (χ4v) is 2.98. The van der Waals surface area contributed by atoms with Crippen LogP contribution in [-0.2, 0) is 0 Å². The summed E-state index contributed by atoms with van der Waals surface area (Å²) in [6, 6.07) is 0. The first-order chi connectivity index (χ1) is 8.61. The molecule has 0 bridgehead atoms. The van der Waals surface area contributed by atoms with Crippen molar-refractivity contribution in [2.45, 2.75) is 26.2 Å². The Morgan fingerprint density at radius 3 is 2.89 bits per heavy atom. The minimum absolute atomic E-state index is 0.0129. The standard InChI is InChI=1S/C12H20N4OS/c1-3-14-12-15-10(13)9(18-12)11(17)16(2)7-8-5-4-6-8/h8H,3-7,13H2,1-2H3,(H,14,15). The SMILES string of the molecule is CCNc1nc(N)c(C(=O)N(C)CC2CCC2)s1. The maximum absolute atomic E-state index is 12.2. The first-order valence-electron chi connectivity index (χ1n) is 6.37. The van der Waals surface area contributed by atoms with Crippen LogP contribution in [0, 0.1) is 5.92 Å². The number of nitrogen functional groups attached to an aromatic ring is 1. The number of hydrogen-bond donors (Lipinski definition) is 2. The fraction of sp³-hybridized carbons (Fsp3) is 0.667. The number of carbonyl (C=O) groups is 1. The Balaban J connectivity index is 2.02. The van der Waals surface area contributed by atoms with Gasteiger partial charge in [-0.05, 0) is 25.7 Å². The molecule has 18 heavy (non-hydrogen) atoms. The third-order valence-electron chi connectivity index (χ3n) is 3.28. The van der Waals surface area contributed by atoms with E-state index < -0.39 is 0 Å². The van der Waals surface area contributed by atoms with Gasteiger partial charge in [0.1, 0.15) is 10.7 Å². The van der Waals surface area contributed by atoms with E-state index in [4.69, 9.17) is 5.73 Å². The van der Waals surface area contributed by atoms with Gasteiger partial charge in [-0.25, -0.2) is 4.98 Å². The van der Waals surface area contributed by atoms with Crippen LogP contribution in [-0.4, -0.2) is 35.9 Å². The summed E-state index contributed by atoms with van der Waals surface area (Å²) < 4.78 is 0. The molecule has 0 saturated heterocycles. The second-order valence-electron chi connectivity index (χ2n) is 4.75. The van der Waals surface area contributed by atoms with E-state index in [-0.39, 0.29) is 5.91 Å². The highest BCUT2D eigenvalue weighted by Crippen LogP contribution is 2.29. The van der Waals surface area contributed by atoms with Gasteiger partial charge in [-0.1, -0.05) is 17.8 Å². The monoisotopic (exact) mass is 268 g/mol. The predicted molar refractivity (Wildman–Crippen MR) is 75.0 cm³/mol. The van der Waals surface area contributed by atoms with E-state index in [2.05, 4.69) is 10.3 Å². The van der Waals surface area contributed by atoms with Crippen LogP contribution in [0.3, 0.4) is 0 Å². The van der Waals surface area contributed by atoms with Crippen molar-refractivity contribution in [1.82, 2.24) is 9.88 Å². The number of thiazole rings is 1. The Hall–Kier alpha value is -1.30. The highest BCUT2D eigenvalue weighted by atomic mass is 32.1. The van der Waals surface area contributed by atoms with Crippen LogP contribution >= 0.6 is 11.3 Å². The average molecular weight is 268 g/mol. The van der Waals surface area contributed by atoms with Crippen LogP contribution < -0.4 is 11.1 Å². The molecular weight excluding hydrogens is 248 g/mol. The Kier molecular flexibility index (Phi) is 4.06. The molecule has 1 aliphatic carbocycles. The highest BCUT2D eigenvalue weighted by Gasteiger charge is 2.24. The van der Waals surface area contributed by atoms with Gasteiger partial charge < -0.3 is 16.0 Å². The van der Waals surface area contributed by atoms with Gasteiger partial charge in [0.2, 0.25) is 0 Å². The molecule has 1 aromatic rings. The van der Waals surface area contributed by atoms with E-state index in [0.717, 1.165) is 18.2 Å². The molecule has 1 fully saturated rings. The summed E-state index contributed by atoms with van der Waals surface area (Å²) in [5, 5.41) is 3.80. The van der Waals surface area contributed by atoms with Gasteiger partial charge in [-0.3, -0.25) is 4.79 Å². The summed E-state index contributed by atoms with van der Waals surface area (Å²) in [6.07, 6.45) is 3.76. The van der Waals surface area contributed by atoms with Gasteiger partial charge >= 0.3 is 0 Å². The van der Waals surface area contributed by atoms with E-state index in [1.54, 1.807) is 4.90 Å². The van der Waals surface area contributed by atoms with Crippen molar-refractivity contribution >= 4 is 28.2 Å². The number of aromatic nitrogens is 1. The Labute approximate surface area is 111 Å². The number of amides is 1. The van der Waals surface area contributed by atoms with E-state index in [9.17, 15) is 4.79 Å². The van der Waals surface area contributed by atoms with Crippen LogP contribution in [0.25, 0.3) is 0 Å². The predicted octanol–water partition coefficient (Wildman–Crippen LogP) is 2.03. The number of nitrogens with one attached hydrogen (secondary N) is 1. The lowest BCUT2D eigenvalue weighted by Crippen LogP contribution is -2.34. The lowest BCUT2D eigenvalue weighted by molar-refractivity contribution is 0.0751. The van der Waals surface area contributed by atoms with Crippen LogP contribution in [0.2, 0.25) is 0 Å². The Bertz CT molecular complexity index is 428. The Morgan fingerprint density at radius 2 is 2.33 bits per heavy atom. The second kappa shape index (κ2) is 5.56. The van der Waals surface area contributed by atoms with Gasteiger partial charge in [0.05, 0.1) is 0 Å². The van der Waals surface area contributed by atoms with E-state index in [1.165, 1.54) is 30.6 Å².